The molecular weight excluding hydrogens is 563 g/mol. The second-order valence-corrected chi connectivity index (χ2v) is 11.0. The van der Waals surface area contributed by atoms with E-state index >= 15 is 0 Å². The summed E-state index contributed by atoms with van der Waals surface area (Å²) in [7, 11) is -4.34. The molecule has 0 aromatic heterocycles. The Kier molecular flexibility index (Phi) is 13.2. The highest BCUT2D eigenvalue weighted by molar-refractivity contribution is 6.60. The first-order valence-corrected chi connectivity index (χ1v) is 13.4. The van der Waals surface area contributed by atoms with Crippen LogP contribution in [0.25, 0.3) is 0 Å². The molecule has 0 atom stereocenters. The maximum Gasteiger partial charge on any atom is 0.501 e. The maximum atomic E-state index is 14.4. The van der Waals surface area contributed by atoms with Gasteiger partial charge in [0.2, 0.25) is 0 Å². The third-order valence-corrected chi connectivity index (χ3v) is 8.00. The Bertz CT molecular complexity index is 646. The molecule has 0 heterocycles. The molecule has 0 bridgehead atoms. The van der Waals surface area contributed by atoms with Crippen LogP contribution in [0.1, 0.15) is 65.7 Å². The van der Waals surface area contributed by atoms with Gasteiger partial charge in [0, 0.05) is 32.3 Å². The molecule has 3 nitrogen and oxygen atoms in total. The van der Waals surface area contributed by atoms with Gasteiger partial charge in [-0.3, -0.25) is 0 Å². The molecule has 17 heteroatoms. The minimum absolute atomic E-state index is 0.186. The van der Waals surface area contributed by atoms with E-state index in [4.69, 9.17) is 13.3 Å². The largest absolute Gasteiger partial charge is 0.501 e. The van der Waals surface area contributed by atoms with Crippen molar-refractivity contribution in [2.45, 2.75) is 108 Å². The Balaban J connectivity index is 6.20. The van der Waals surface area contributed by atoms with Gasteiger partial charge in [-0.15, -0.1) is 0 Å². The number of hydrogen-bond acceptors (Lipinski definition) is 3. The summed E-state index contributed by atoms with van der Waals surface area (Å²) in [6.07, 6.45) is -7.36. The Hall–Kier alpha value is -0.813. The molecule has 0 unspecified atom stereocenters. The fourth-order valence-electron chi connectivity index (χ4n) is 2.73. The first-order chi connectivity index (χ1) is 16.6. The standard InChI is InChI=1S/C20H31F13O3Si/c1-4-7-11-34-37(35-12-8-5-2,36-13-9-6-3)14-10-15(21,22)16(23,24)17(25,26)18(27,28)19(29,30)20(31,32)33/h4-14H2,1-3H3. The van der Waals surface area contributed by atoms with Crippen LogP contribution in [-0.2, 0) is 13.3 Å². The van der Waals surface area contributed by atoms with Gasteiger partial charge in [0.1, 0.15) is 0 Å². The van der Waals surface area contributed by atoms with Gasteiger partial charge in [-0.1, -0.05) is 40.0 Å². The molecule has 0 amide bonds. The summed E-state index contributed by atoms with van der Waals surface area (Å²) in [5.41, 5.74) is 0. The summed E-state index contributed by atoms with van der Waals surface area (Å²) in [6, 6.07) is -1.33. The van der Waals surface area contributed by atoms with Crippen LogP contribution >= 0.6 is 0 Å². The summed E-state index contributed by atoms with van der Waals surface area (Å²) in [5.74, 6) is -37.0. The molecule has 0 N–H and O–H groups in total. The second-order valence-electron chi connectivity index (χ2n) is 8.29. The lowest BCUT2D eigenvalue weighted by Gasteiger charge is -2.40. The lowest BCUT2D eigenvalue weighted by molar-refractivity contribution is -0.440. The van der Waals surface area contributed by atoms with Gasteiger partial charge < -0.3 is 13.3 Å². The minimum atomic E-state index is -7.92. The topological polar surface area (TPSA) is 27.7 Å². The van der Waals surface area contributed by atoms with E-state index in [0.29, 0.717) is 38.5 Å². The summed E-state index contributed by atoms with van der Waals surface area (Å²) in [6.45, 7) is 4.56. The van der Waals surface area contributed by atoms with Crippen LogP contribution in [0.2, 0.25) is 6.04 Å². The summed E-state index contributed by atoms with van der Waals surface area (Å²) in [5, 5.41) is 0. The summed E-state index contributed by atoms with van der Waals surface area (Å²) in [4.78, 5) is 0. The number of unbranched alkanes of at least 4 members (excludes halogenated alkanes) is 3. The van der Waals surface area contributed by atoms with Crippen LogP contribution in [0.5, 0.6) is 0 Å². The van der Waals surface area contributed by atoms with Gasteiger partial charge in [0.15, 0.2) is 0 Å². The molecule has 37 heavy (non-hydrogen) atoms. The van der Waals surface area contributed by atoms with Gasteiger partial charge >= 0.3 is 44.6 Å². The Morgan fingerprint density at radius 3 is 1.11 bits per heavy atom. The monoisotopic (exact) mass is 594 g/mol. The molecule has 0 radical (unpaired) electrons. The number of alkyl halides is 13. The molecular formula is C20H31F13O3Si. The number of rotatable bonds is 19. The third-order valence-electron chi connectivity index (χ3n) is 5.20. The van der Waals surface area contributed by atoms with Crippen molar-refractivity contribution < 1.29 is 70.4 Å². The van der Waals surface area contributed by atoms with E-state index < -0.39 is 57.1 Å². The van der Waals surface area contributed by atoms with Crippen LogP contribution in [0.15, 0.2) is 0 Å². The van der Waals surface area contributed by atoms with Crippen molar-refractivity contribution in [2.75, 3.05) is 19.8 Å². The van der Waals surface area contributed by atoms with Crippen molar-refractivity contribution in [1.29, 1.82) is 0 Å². The Morgan fingerprint density at radius 1 is 0.486 bits per heavy atom. The molecule has 0 spiro atoms. The van der Waals surface area contributed by atoms with E-state index in [1.807, 2.05) is 0 Å². The smallest absolute Gasteiger partial charge is 0.373 e. The maximum absolute atomic E-state index is 14.4. The van der Waals surface area contributed by atoms with Crippen LogP contribution in [0, 0.1) is 0 Å². The Labute approximate surface area is 207 Å². The zero-order valence-corrected chi connectivity index (χ0v) is 21.4. The predicted molar refractivity (Wildman–Crippen MR) is 109 cm³/mol. The predicted octanol–water partition coefficient (Wildman–Crippen LogP) is 8.50. The fourth-order valence-corrected chi connectivity index (χ4v) is 5.40. The van der Waals surface area contributed by atoms with Gasteiger partial charge in [0.25, 0.3) is 0 Å². The average molecular weight is 595 g/mol. The molecule has 0 aliphatic heterocycles. The van der Waals surface area contributed by atoms with Crippen molar-refractivity contribution >= 4 is 8.80 Å². The highest BCUT2D eigenvalue weighted by Gasteiger charge is 2.90. The second kappa shape index (κ2) is 13.5. The van der Waals surface area contributed by atoms with Crippen molar-refractivity contribution in [3.05, 3.63) is 0 Å². The molecule has 0 saturated carbocycles. The fraction of sp³-hybridized carbons (Fsp3) is 1.00. The molecule has 0 aliphatic rings. The molecule has 0 aromatic carbocycles. The van der Waals surface area contributed by atoms with Gasteiger partial charge in [0.05, 0.1) is 0 Å². The van der Waals surface area contributed by atoms with Crippen LogP contribution in [0.4, 0.5) is 57.1 Å². The van der Waals surface area contributed by atoms with Crippen molar-refractivity contribution in [3.8, 4) is 0 Å². The molecule has 224 valence electrons. The van der Waals surface area contributed by atoms with E-state index in [0.717, 1.165) is 0 Å². The normalized spacial score (nSPS) is 14.9. The molecule has 0 rings (SSSR count). The van der Waals surface area contributed by atoms with Gasteiger partial charge in [-0.05, 0) is 19.3 Å². The first kappa shape index (κ1) is 36.2. The number of hydrogen-bond donors (Lipinski definition) is 0. The van der Waals surface area contributed by atoms with E-state index in [2.05, 4.69) is 0 Å². The zero-order chi connectivity index (χ0) is 29.4. The molecule has 0 aromatic rings. The Morgan fingerprint density at radius 2 is 0.811 bits per heavy atom. The van der Waals surface area contributed by atoms with E-state index in [-0.39, 0.29) is 19.8 Å². The van der Waals surface area contributed by atoms with Crippen LogP contribution in [-0.4, -0.2) is 64.4 Å². The SMILES string of the molecule is CCCCO[Si](CCC(F)(F)C(F)(F)C(F)(F)C(F)(F)C(F)(F)C(F)(F)F)(OCCCC)OCCCC. The minimum Gasteiger partial charge on any atom is -0.373 e. The van der Waals surface area contributed by atoms with Crippen molar-refractivity contribution in [1.82, 2.24) is 0 Å². The van der Waals surface area contributed by atoms with E-state index in [9.17, 15) is 57.1 Å². The van der Waals surface area contributed by atoms with E-state index in [1.54, 1.807) is 20.8 Å². The summed E-state index contributed by atoms with van der Waals surface area (Å²) < 4.78 is 191. The average Bonchev–Trinajstić information content (AvgIpc) is 2.77. The lowest BCUT2D eigenvalue weighted by Crippen LogP contribution is -2.70. The van der Waals surface area contributed by atoms with Crippen LogP contribution < -0.4 is 0 Å². The summed E-state index contributed by atoms with van der Waals surface area (Å²) >= 11 is 0. The highest BCUT2D eigenvalue weighted by atomic mass is 28.4. The third kappa shape index (κ3) is 8.10. The lowest BCUT2D eigenvalue weighted by atomic mass is 9.93. The first-order valence-electron chi connectivity index (χ1n) is 11.5. The van der Waals surface area contributed by atoms with E-state index in [1.165, 1.54) is 0 Å². The highest BCUT2D eigenvalue weighted by Crippen LogP contribution is 2.61. The quantitative estimate of drug-likeness (QED) is 0.0853. The zero-order valence-electron chi connectivity index (χ0n) is 20.4. The van der Waals surface area contributed by atoms with Crippen molar-refractivity contribution in [2.24, 2.45) is 0 Å². The van der Waals surface area contributed by atoms with Gasteiger partial charge in [-0.2, -0.15) is 57.1 Å². The van der Waals surface area contributed by atoms with Crippen LogP contribution in [0.3, 0.4) is 0 Å². The van der Waals surface area contributed by atoms with Gasteiger partial charge in [-0.25, -0.2) is 0 Å². The molecule has 0 aliphatic carbocycles. The molecule has 0 saturated heterocycles. The number of halogens is 13. The molecule has 0 fully saturated rings. The van der Waals surface area contributed by atoms with Crippen molar-refractivity contribution in [3.63, 3.8) is 0 Å².